The van der Waals surface area contributed by atoms with Crippen molar-refractivity contribution in [3.05, 3.63) is 59.7 Å². The Morgan fingerprint density at radius 1 is 1.00 bits per heavy atom. The van der Waals surface area contributed by atoms with E-state index < -0.39 is 24.0 Å². The minimum absolute atomic E-state index is 0.00906. The van der Waals surface area contributed by atoms with Crippen LogP contribution in [0.15, 0.2) is 48.5 Å². The number of carbonyl (C=O) groups is 3. The summed E-state index contributed by atoms with van der Waals surface area (Å²) in [5.74, 6) is -1.32. The van der Waals surface area contributed by atoms with Gasteiger partial charge in [-0.2, -0.15) is 0 Å². The average Bonchev–Trinajstić information content (AvgIpc) is 3.05. The number of hydrogen-bond acceptors (Lipinski definition) is 4. The fourth-order valence-corrected chi connectivity index (χ4v) is 3.90. The lowest BCUT2D eigenvalue weighted by Gasteiger charge is -2.21. The van der Waals surface area contributed by atoms with Crippen LogP contribution in [0.5, 0.6) is 0 Å². The van der Waals surface area contributed by atoms with Gasteiger partial charge in [0.15, 0.2) is 0 Å². The van der Waals surface area contributed by atoms with Crippen LogP contribution in [0.1, 0.15) is 43.7 Å². The van der Waals surface area contributed by atoms with E-state index in [0.717, 1.165) is 22.3 Å². The van der Waals surface area contributed by atoms with Gasteiger partial charge in [0.25, 0.3) is 0 Å². The van der Waals surface area contributed by atoms with Crippen molar-refractivity contribution in [2.75, 3.05) is 13.2 Å². The number of rotatable bonds is 9. The summed E-state index contributed by atoms with van der Waals surface area (Å²) < 4.78 is 5.52. The Labute approximate surface area is 181 Å². The molecule has 0 aliphatic heterocycles. The first-order valence-corrected chi connectivity index (χ1v) is 10.5. The van der Waals surface area contributed by atoms with Crippen molar-refractivity contribution >= 4 is 18.0 Å². The highest BCUT2D eigenvalue weighted by Crippen LogP contribution is 2.44. The highest BCUT2D eigenvalue weighted by atomic mass is 16.5. The number of hydrogen-bond donors (Lipinski definition) is 3. The molecule has 1 atom stereocenters. The van der Waals surface area contributed by atoms with Gasteiger partial charge in [-0.25, -0.2) is 4.79 Å². The van der Waals surface area contributed by atoms with Crippen LogP contribution >= 0.6 is 0 Å². The molecule has 7 nitrogen and oxygen atoms in total. The number of amides is 2. The van der Waals surface area contributed by atoms with E-state index in [1.807, 2.05) is 50.2 Å². The molecular weight excluding hydrogens is 396 g/mol. The molecule has 3 rings (SSSR count). The summed E-state index contributed by atoms with van der Waals surface area (Å²) in [6.07, 6.45) is -0.422. The third kappa shape index (κ3) is 5.63. The van der Waals surface area contributed by atoms with Crippen molar-refractivity contribution in [1.82, 2.24) is 10.6 Å². The number of fused-ring (bicyclic) bond motifs is 3. The number of carboxylic acid groups (broad SMARTS) is 1. The molecule has 0 bridgehead atoms. The summed E-state index contributed by atoms with van der Waals surface area (Å²) in [7, 11) is 0. The van der Waals surface area contributed by atoms with Crippen molar-refractivity contribution in [2.45, 2.75) is 38.6 Å². The number of benzene rings is 2. The lowest BCUT2D eigenvalue weighted by molar-refractivity contribution is -0.137. The molecule has 7 heteroatoms. The van der Waals surface area contributed by atoms with Crippen molar-refractivity contribution in [3.63, 3.8) is 0 Å². The molecule has 3 N–H and O–H groups in total. The number of ether oxygens (including phenoxy) is 1. The summed E-state index contributed by atoms with van der Waals surface area (Å²) >= 11 is 0. The summed E-state index contributed by atoms with van der Waals surface area (Å²) in [5, 5.41) is 13.9. The maximum Gasteiger partial charge on any atom is 0.407 e. The molecule has 2 amide bonds. The minimum atomic E-state index is -0.995. The predicted octanol–water partition coefficient (Wildman–Crippen LogP) is 3.53. The first-order valence-electron chi connectivity index (χ1n) is 10.5. The van der Waals surface area contributed by atoms with Gasteiger partial charge >= 0.3 is 12.1 Å². The fraction of sp³-hybridized carbons (Fsp3) is 0.375. The van der Waals surface area contributed by atoms with Crippen LogP contribution in [0.4, 0.5) is 4.79 Å². The second-order valence-electron chi connectivity index (χ2n) is 8.09. The van der Waals surface area contributed by atoms with E-state index in [0.29, 0.717) is 6.42 Å². The highest BCUT2D eigenvalue weighted by molar-refractivity contribution is 5.86. The Morgan fingerprint density at radius 2 is 1.58 bits per heavy atom. The molecule has 0 unspecified atom stereocenters. The van der Waals surface area contributed by atoms with E-state index >= 15 is 0 Å². The normalized spacial score (nSPS) is 13.3. The van der Waals surface area contributed by atoms with Crippen molar-refractivity contribution in [3.8, 4) is 11.1 Å². The third-order valence-electron chi connectivity index (χ3n) is 5.30. The zero-order valence-electron chi connectivity index (χ0n) is 17.8. The van der Waals surface area contributed by atoms with E-state index in [4.69, 9.17) is 9.84 Å². The van der Waals surface area contributed by atoms with Crippen LogP contribution in [-0.2, 0) is 14.3 Å². The monoisotopic (exact) mass is 424 g/mol. The maximum atomic E-state index is 12.5. The van der Waals surface area contributed by atoms with Gasteiger partial charge in [-0.05, 0) is 34.6 Å². The number of aliphatic carboxylic acids is 1. The molecule has 0 radical (unpaired) electrons. The highest BCUT2D eigenvalue weighted by Gasteiger charge is 2.30. The first-order chi connectivity index (χ1) is 14.9. The van der Waals surface area contributed by atoms with Crippen LogP contribution < -0.4 is 10.6 Å². The van der Waals surface area contributed by atoms with E-state index in [1.165, 1.54) is 0 Å². The summed E-state index contributed by atoms with van der Waals surface area (Å²) in [4.78, 5) is 35.6. The molecular formula is C24H28N2O5. The second kappa shape index (κ2) is 10.1. The number of alkyl carbamates (subject to hydrolysis) is 1. The Morgan fingerprint density at radius 3 is 2.13 bits per heavy atom. The zero-order chi connectivity index (χ0) is 22.4. The molecule has 0 aromatic heterocycles. The van der Waals surface area contributed by atoms with Gasteiger partial charge in [0.05, 0.1) is 6.42 Å². The van der Waals surface area contributed by atoms with Crippen LogP contribution in [0.2, 0.25) is 0 Å². The Bertz CT molecular complexity index is 911. The van der Waals surface area contributed by atoms with Gasteiger partial charge in [0.2, 0.25) is 5.91 Å². The van der Waals surface area contributed by atoms with Gasteiger partial charge in [0, 0.05) is 12.5 Å². The number of carboxylic acids is 1. The molecule has 0 heterocycles. The topological polar surface area (TPSA) is 105 Å². The lowest BCUT2D eigenvalue weighted by atomic mass is 9.98. The van der Waals surface area contributed by atoms with E-state index in [2.05, 4.69) is 22.8 Å². The molecule has 164 valence electrons. The van der Waals surface area contributed by atoms with Crippen LogP contribution in [0.25, 0.3) is 11.1 Å². The van der Waals surface area contributed by atoms with E-state index in [1.54, 1.807) is 0 Å². The summed E-state index contributed by atoms with van der Waals surface area (Å²) in [6.45, 7) is 4.05. The largest absolute Gasteiger partial charge is 0.481 e. The quantitative estimate of drug-likeness (QED) is 0.571. The van der Waals surface area contributed by atoms with Gasteiger partial charge < -0.3 is 20.5 Å². The molecule has 0 fully saturated rings. The van der Waals surface area contributed by atoms with Crippen LogP contribution in [0, 0.1) is 5.92 Å². The van der Waals surface area contributed by atoms with Crippen molar-refractivity contribution in [1.29, 1.82) is 0 Å². The van der Waals surface area contributed by atoms with Crippen LogP contribution in [-0.4, -0.2) is 42.3 Å². The standard InChI is InChI=1S/C24H28N2O5/c1-15(2)13-21(23(29)25-12-11-22(27)28)26-24(30)31-14-20-18-9-5-3-7-16(18)17-8-4-6-10-19(17)20/h3-10,15,20-21H,11-14H2,1-2H3,(H,25,29)(H,26,30)(H,27,28)/t21-/m1/s1. The van der Waals surface area contributed by atoms with E-state index in [9.17, 15) is 14.4 Å². The SMILES string of the molecule is CC(C)C[C@@H](NC(=O)OCC1c2ccccc2-c2ccccc21)C(=O)NCCC(=O)O. The Hall–Kier alpha value is -3.35. The molecule has 2 aromatic carbocycles. The molecule has 0 saturated heterocycles. The van der Waals surface area contributed by atoms with Crippen LogP contribution in [0.3, 0.4) is 0 Å². The Kier molecular flexibility index (Phi) is 7.28. The molecule has 1 aliphatic rings. The molecule has 0 saturated carbocycles. The maximum absolute atomic E-state index is 12.5. The van der Waals surface area contributed by atoms with Gasteiger partial charge in [-0.15, -0.1) is 0 Å². The average molecular weight is 424 g/mol. The van der Waals surface area contributed by atoms with E-state index in [-0.39, 0.29) is 31.4 Å². The molecule has 31 heavy (non-hydrogen) atoms. The minimum Gasteiger partial charge on any atom is -0.481 e. The third-order valence-corrected chi connectivity index (χ3v) is 5.30. The van der Waals surface area contributed by atoms with Gasteiger partial charge in [0.1, 0.15) is 12.6 Å². The summed E-state index contributed by atoms with van der Waals surface area (Å²) in [5.41, 5.74) is 4.51. The number of nitrogens with one attached hydrogen (secondary N) is 2. The molecule has 2 aromatic rings. The van der Waals surface area contributed by atoms with Gasteiger partial charge in [-0.1, -0.05) is 62.4 Å². The van der Waals surface area contributed by atoms with Crippen molar-refractivity contribution < 1.29 is 24.2 Å². The Balaban J connectivity index is 1.62. The fourth-order valence-electron chi connectivity index (χ4n) is 3.90. The second-order valence-corrected chi connectivity index (χ2v) is 8.09. The zero-order valence-corrected chi connectivity index (χ0v) is 17.8. The first kappa shape index (κ1) is 22.3. The van der Waals surface area contributed by atoms with Crippen molar-refractivity contribution in [2.24, 2.45) is 5.92 Å². The lowest BCUT2D eigenvalue weighted by Crippen LogP contribution is -2.48. The van der Waals surface area contributed by atoms with Gasteiger partial charge in [-0.3, -0.25) is 9.59 Å². The smallest absolute Gasteiger partial charge is 0.407 e. The molecule has 1 aliphatic carbocycles. The predicted molar refractivity (Wildman–Crippen MR) is 117 cm³/mol. The molecule has 0 spiro atoms. The summed E-state index contributed by atoms with van der Waals surface area (Å²) in [6, 6.07) is 15.3. The number of carbonyl (C=O) groups excluding carboxylic acids is 2.